The van der Waals surface area contributed by atoms with Gasteiger partial charge < -0.3 is 9.64 Å². The van der Waals surface area contributed by atoms with Crippen LogP contribution >= 0.6 is 11.8 Å². The fourth-order valence-corrected chi connectivity index (χ4v) is 4.99. The summed E-state index contributed by atoms with van der Waals surface area (Å²) in [7, 11) is 1.64. The van der Waals surface area contributed by atoms with E-state index in [-0.39, 0.29) is 5.91 Å². The minimum Gasteiger partial charge on any atom is -0.496 e. The third-order valence-electron chi connectivity index (χ3n) is 5.62. The van der Waals surface area contributed by atoms with E-state index in [2.05, 4.69) is 10.2 Å². The highest BCUT2D eigenvalue weighted by Crippen LogP contribution is 2.39. The summed E-state index contributed by atoms with van der Waals surface area (Å²) in [6, 6.07) is 27.5. The minimum absolute atomic E-state index is 0.0580. The maximum absolute atomic E-state index is 13.6. The molecule has 0 saturated carbocycles. The Morgan fingerprint density at radius 1 is 0.912 bits per heavy atom. The smallest absolute Gasteiger partial charge is 0.240 e. The Kier molecular flexibility index (Phi) is 7.65. The van der Waals surface area contributed by atoms with Crippen LogP contribution in [0.2, 0.25) is 0 Å². The van der Waals surface area contributed by atoms with Crippen molar-refractivity contribution in [3.63, 3.8) is 0 Å². The lowest BCUT2D eigenvalue weighted by Crippen LogP contribution is -2.34. The molecule has 0 aliphatic rings. The summed E-state index contributed by atoms with van der Waals surface area (Å²) < 4.78 is 7.59. The quantitative estimate of drug-likeness (QED) is 0.295. The maximum atomic E-state index is 13.6. The second-order valence-corrected chi connectivity index (χ2v) is 8.67. The summed E-state index contributed by atoms with van der Waals surface area (Å²) in [5.41, 5.74) is 2.68. The molecule has 1 amide bonds. The van der Waals surface area contributed by atoms with Crippen LogP contribution in [0.25, 0.3) is 17.1 Å². The van der Waals surface area contributed by atoms with Crippen LogP contribution in [0, 0.1) is 0 Å². The first kappa shape index (κ1) is 23.6. The van der Waals surface area contributed by atoms with Gasteiger partial charge in [-0.15, -0.1) is 10.2 Å². The minimum atomic E-state index is -0.446. The van der Waals surface area contributed by atoms with Gasteiger partial charge in [0.2, 0.25) is 5.91 Å². The van der Waals surface area contributed by atoms with E-state index in [9.17, 15) is 4.79 Å². The predicted octanol–water partition coefficient (Wildman–Crippen LogP) is 5.64. The Labute approximate surface area is 204 Å². The zero-order valence-corrected chi connectivity index (χ0v) is 20.4. The van der Waals surface area contributed by atoms with E-state index in [1.165, 1.54) is 11.8 Å². The van der Waals surface area contributed by atoms with Gasteiger partial charge in [0, 0.05) is 18.8 Å². The Bertz CT molecular complexity index is 1220. The van der Waals surface area contributed by atoms with Crippen LogP contribution in [0.1, 0.15) is 24.7 Å². The molecule has 6 nitrogen and oxygen atoms in total. The van der Waals surface area contributed by atoms with E-state index in [0.717, 1.165) is 16.8 Å². The number of hydrogen-bond donors (Lipinski definition) is 0. The Morgan fingerprint density at radius 3 is 2.18 bits per heavy atom. The highest BCUT2D eigenvalue weighted by atomic mass is 32.2. The van der Waals surface area contributed by atoms with Gasteiger partial charge in [-0.25, -0.2) is 0 Å². The van der Waals surface area contributed by atoms with Gasteiger partial charge in [-0.1, -0.05) is 72.4 Å². The number of thioether (sulfide) groups is 1. The van der Waals surface area contributed by atoms with E-state index in [1.807, 2.05) is 108 Å². The number of likely N-dealkylation sites (N-methyl/N-ethyl adjacent to an activating group) is 1. The Hall–Kier alpha value is -3.58. The van der Waals surface area contributed by atoms with Crippen LogP contribution in [0.5, 0.6) is 5.75 Å². The first-order valence-electron chi connectivity index (χ1n) is 11.3. The molecule has 1 heterocycles. The molecule has 0 fully saturated rings. The van der Waals surface area contributed by atoms with Crippen molar-refractivity contribution < 1.29 is 9.53 Å². The largest absolute Gasteiger partial charge is 0.496 e. The molecule has 3 aromatic carbocycles. The van der Waals surface area contributed by atoms with Gasteiger partial charge in [0.15, 0.2) is 11.0 Å². The average Bonchev–Trinajstić information content (AvgIpc) is 3.32. The van der Waals surface area contributed by atoms with Crippen LogP contribution in [0.3, 0.4) is 0 Å². The van der Waals surface area contributed by atoms with Crippen molar-refractivity contribution >= 4 is 17.7 Å². The number of aromatic nitrogens is 3. The van der Waals surface area contributed by atoms with Gasteiger partial charge in [-0.05, 0) is 43.7 Å². The lowest BCUT2D eigenvalue weighted by Gasteiger charge is -2.25. The fraction of sp³-hybridized carbons (Fsp3) is 0.222. The van der Waals surface area contributed by atoms with Crippen LogP contribution in [0.15, 0.2) is 90.1 Å². The summed E-state index contributed by atoms with van der Waals surface area (Å²) >= 11 is 1.42. The highest BCUT2D eigenvalue weighted by molar-refractivity contribution is 8.00. The lowest BCUT2D eigenvalue weighted by molar-refractivity contribution is -0.130. The number of nitrogens with zero attached hydrogens (tertiary/aromatic N) is 4. The topological polar surface area (TPSA) is 60.3 Å². The molecular formula is C27H28N4O2S. The molecule has 7 heteroatoms. The summed E-state index contributed by atoms with van der Waals surface area (Å²) in [4.78, 5) is 15.4. The van der Waals surface area contributed by atoms with Crippen LogP contribution in [-0.4, -0.2) is 45.8 Å². The first-order chi connectivity index (χ1) is 16.7. The van der Waals surface area contributed by atoms with E-state index in [0.29, 0.717) is 29.8 Å². The van der Waals surface area contributed by atoms with Crippen molar-refractivity contribution in [2.45, 2.75) is 24.3 Å². The molecule has 1 aromatic heterocycles. The van der Waals surface area contributed by atoms with Crippen molar-refractivity contribution in [2.24, 2.45) is 0 Å². The van der Waals surface area contributed by atoms with Crippen molar-refractivity contribution in [1.82, 2.24) is 19.7 Å². The molecule has 1 unspecified atom stereocenters. The van der Waals surface area contributed by atoms with Crippen molar-refractivity contribution in [3.8, 4) is 22.8 Å². The molecule has 0 bridgehead atoms. The molecule has 34 heavy (non-hydrogen) atoms. The first-order valence-corrected chi connectivity index (χ1v) is 12.2. The van der Waals surface area contributed by atoms with Gasteiger partial charge >= 0.3 is 0 Å². The third kappa shape index (κ3) is 4.84. The van der Waals surface area contributed by atoms with Gasteiger partial charge in [0.1, 0.15) is 11.0 Å². The zero-order valence-electron chi connectivity index (χ0n) is 19.6. The van der Waals surface area contributed by atoms with E-state index < -0.39 is 5.25 Å². The fourth-order valence-electron chi connectivity index (χ4n) is 3.86. The van der Waals surface area contributed by atoms with Crippen LogP contribution in [0.4, 0.5) is 0 Å². The maximum Gasteiger partial charge on any atom is 0.240 e. The van der Waals surface area contributed by atoms with Crippen molar-refractivity contribution in [1.29, 1.82) is 0 Å². The van der Waals surface area contributed by atoms with Gasteiger partial charge in [-0.2, -0.15) is 0 Å². The molecule has 4 rings (SSSR count). The summed E-state index contributed by atoms with van der Waals surface area (Å²) in [6.07, 6.45) is 0. The van der Waals surface area contributed by atoms with Gasteiger partial charge in [0.25, 0.3) is 0 Å². The highest BCUT2D eigenvalue weighted by Gasteiger charge is 2.29. The molecule has 0 aliphatic heterocycles. The van der Waals surface area contributed by atoms with Crippen molar-refractivity contribution in [2.75, 3.05) is 20.2 Å². The molecule has 0 radical (unpaired) electrons. The zero-order chi connectivity index (χ0) is 23.9. The molecule has 0 saturated heterocycles. The average molecular weight is 473 g/mol. The van der Waals surface area contributed by atoms with E-state index in [1.54, 1.807) is 7.11 Å². The number of para-hydroxylation sites is 2. The Balaban J connectivity index is 1.84. The van der Waals surface area contributed by atoms with E-state index >= 15 is 0 Å². The number of rotatable bonds is 9. The number of carbonyl (C=O) groups is 1. The molecule has 0 N–H and O–H groups in total. The monoisotopic (exact) mass is 472 g/mol. The molecule has 1 atom stereocenters. The van der Waals surface area contributed by atoms with E-state index in [4.69, 9.17) is 4.74 Å². The molecule has 4 aromatic rings. The second-order valence-electron chi connectivity index (χ2n) is 7.60. The standard InChI is InChI=1S/C27H28N4O2S/c1-4-30(5-2)26(32)24(20-14-8-6-9-15-20)34-27-29-28-25(22-18-12-13-19-23(22)33-3)31(27)21-16-10-7-11-17-21/h6-19,24H,4-5H2,1-3H3. The SMILES string of the molecule is CCN(CC)C(=O)C(Sc1nnc(-c2ccccc2OC)n1-c1ccccc1)c1ccccc1. The number of carbonyl (C=O) groups excluding carboxylic acids is 1. The normalized spacial score (nSPS) is 11.7. The van der Waals surface area contributed by atoms with Crippen LogP contribution in [-0.2, 0) is 4.79 Å². The summed E-state index contributed by atoms with van der Waals surface area (Å²) in [5.74, 6) is 1.43. The predicted molar refractivity (Wildman–Crippen MR) is 136 cm³/mol. The number of ether oxygens (including phenoxy) is 1. The number of benzene rings is 3. The molecule has 0 aliphatic carbocycles. The summed E-state index contributed by atoms with van der Waals surface area (Å²) in [6.45, 7) is 5.30. The number of hydrogen-bond acceptors (Lipinski definition) is 5. The third-order valence-corrected chi connectivity index (χ3v) is 6.81. The van der Waals surface area contributed by atoms with Crippen molar-refractivity contribution in [3.05, 3.63) is 90.5 Å². The van der Waals surface area contributed by atoms with Crippen LogP contribution < -0.4 is 4.74 Å². The summed E-state index contributed by atoms with van der Waals surface area (Å²) in [5, 5.41) is 9.30. The molecular weight excluding hydrogens is 444 g/mol. The molecule has 174 valence electrons. The second kappa shape index (κ2) is 11.0. The number of amides is 1. The number of methoxy groups -OCH3 is 1. The van der Waals surface area contributed by atoms with Gasteiger partial charge in [-0.3, -0.25) is 9.36 Å². The van der Waals surface area contributed by atoms with Gasteiger partial charge in [0.05, 0.1) is 12.7 Å². The Morgan fingerprint density at radius 2 is 1.53 bits per heavy atom. The lowest BCUT2D eigenvalue weighted by atomic mass is 10.1. The molecule has 0 spiro atoms.